The normalized spacial score (nSPS) is 20.4. The van der Waals surface area contributed by atoms with Gasteiger partial charge in [-0.1, -0.05) is 6.07 Å². The summed E-state index contributed by atoms with van der Waals surface area (Å²) in [6.07, 6.45) is 0.516. The number of anilines is 1. The molecule has 1 aromatic carbocycles. The summed E-state index contributed by atoms with van der Waals surface area (Å²) in [6, 6.07) is 5.03. The molecule has 1 amide bonds. The highest BCUT2D eigenvalue weighted by Crippen LogP contribution is 2.26. The van der Waals surface area contributed by atoms with Crippen molar-refractivity contribution < 1.29 is 17.9 Å². The van der Waals surface area contributed by atoms with Gasteiger partial charge in [0, 0.05) is 12.6 Å². The van der Waals surface area contributed by atoms with Crippen molar-refractivity contribution in [3.8, 4) is 5.75 Å². The van der Waals surface area contributed by atoms with Crippen LogP contribution in [0, 0.1) is 6.92 Å². The molecule has 134 valence electrons. The Bertz CT molecular complexity index is 703. The predicted molar refractivity (Wildman–Crippen MR) is 95.3 cm³/mol. The van der Waals surface area contributed by atoms with E-state index < -0.39 is 15.9 Å². The molecule has 2 unspecified atom stereocenters. The second-order valence-electron chi connectivity index (χ2n) is 6.25. The summed E-state index contributed by atoms with van der Waals surface area (Å²) >= 11 is 0. The monoisotopic (exact) mass is 354 g/mol. The molecule has 0 aliphatic carbocycles. The van der Waals surface area contributed by atoms with Gasteiger partial charge in [-0.15, -0.1) is 0 Å². The van der Waals surface area contributed by atoms with Crippen LogP contribution in [0.2, 0.25) is 0 Å². The van der Waals surface area contributed by atoms with Crippen LogP contribution in [0.15, 0.2) is 18.2 Å². The highest BCUT2D eigenvalue weighted by Gasteiger charge is 2.35. The fourth-order valence-corrected chi connectivity index (χ4v) is 4.82. The number of ether oxygens (including phenoxy) is 1. The topological polar surface area (TPSA) is 75.7 Å². The SMILES string of the molecule is CCN(C(=O)C(C)Nc1cc(C)ccc1OC)C1CCS(=O)(=O)C1. The fraction of sp³-hybridized carbons (Fsp3) is 0.588. The average Bonchev–Trinajstić information content (AvgIpc) is 2.88. The molecule has 1 aromatic rings. The van der Waals surface area contributed by atoms with Crippen LogP contribution in [0.3, 0.4) is 0 Å². The molecule has 2 atom stereocenters. The Morgan fingerprint density at radius 1 is 1.46 bits per heavy atom. The summed E-state index contributed by atoms with van der Waals surface area (Å²) in [5.41, 5.74) is 1.82. The van der Waals surface area contributed by atoms with Gasteiger partial charge in [-0.25, -0.2) is 8.42 Å². The lowest BCUT2D eigenvalue weighted by molar-refractivity contribution is -0.133. The maximum Gasteiger partial charge on any atom is 0.245 e. The summed E-state index contributed by atoms with van der Waals surface area (Å²) in [5, 5.41) is 3.20. The van der Waals surface area contributed by atoms with E-state index in [1.54, 1.807) is 18.9 Å². The minimum Gasteiger partial charge on any atom is -0.495 e. The summed E-state index contributed by atoms with van der Waals surface area (Å²) in [7, 11) is -1.43. The molecule has 1 N–H and O–H groups in total. The van der Waals surface area contributed by atoms with Crippen LogP contribution in [-0.4, -0.2) is 56.5 Å². The van der Waals surface area contributed by atoms with Crippen molar-refractivity contribution >= 4 is 21.4 Å². The summed E-state index contributed by atoms with van der Waals surface area (Å²) in [4.78, 5) is 14.5. The number of benzene rings is 1. The molecule has 0 spiro atoms. The first-order valence-electron chi connectivity index (χ1n) is 8.19. The first-order chi connectivity index (χ1) is 11.3. The van der Waals surface area contributed by atoms with Gasteiger partial charge in [0.15, 0.2) is 9.84 Å². The lowest BCUT2D eigenvalue weighted by Gasteiger charge is -2.30. The van der Waals surface area contributed by atoms with Gasteiger partial charge < -0.3 is 15.0 Å². The van der Waals surface area contributed by atoms with E-state index in [9.17, 15) is 13.2 Å². The Labute approximate surface area is 144 Å². The number of nitrogens with one attached hydrogen (secondary N) is 1. The van der Waals surface area contributed by atoms with E-state index in [4.69, 9.17) is 4.74 Å². The maximum atomic E-state index is 12.8. The summed E-state index contributed by atoms with van der Waals surface area (Å²) in [5.74, 6) is 0.803. The van der Waals surface area contributed by atoms with Crippen LogP contribution in [0.1, 0.15) is 25.8 Å². The van der Waals surface area contributed by atoms with Gasteiger partial charge in [0.1, 0.15) is 11.8 Å². The van der Waals surface area contributed by atoms with E-state index >= 15 is 0 Å². The van der Waals surface area contributed by atoms with Crippen LogP contribution in [0.25, 0.3) is 0 Å². The number of nitrogens with zero attached hydrogens (tertiary/aromatic N) is 1. The largest absolute Gasteiger partial charge is 0.495 e. The van der Waals surface area contributed by atoms with Gasteiger partial charge in [-0.05, 0) is 44.9 Å². The van der Waals surface area contributed by atoms with Crippen molar-refractivity contribution in [1.82, 2.24) is 4.90 Å². The molecule has 0 saturated carbocycles. The van der Waals surface area contributed by atoms with E-state index in [-0.39, 0.29) is 23.5 Å². The molecule has 1 aliphatic heterocycles. The van der Waals surface area contributed by atoms with Crippen molar-refractivity contribution in [2.75, 3.05) is 30.5 Å². The number of sulfone groups is 1. The molecule has 1 fully saturated rings. The van der Waals surface area contributed by atoms with Crippen LogP contribution in [-0.2, 0) is 14.6 Å². The fourth-order valence-electron chi connectivity index (χ4n) is 3.09. The molecule has 2 rings (SSSR count). The minimum atomic E-state index is -3.02. The Kier molecular flexibility index (Phi) is 5.74. The minimum absolute atomic E-state index is 0.0626. The van der Waals surface area contributed by atoms with Gasteiger partial charge >= 0.3 is 0 Å². The molecular weight excluding hydrogens is 328 g/mol. The molecule has 0 radical (unpaired) electrons. The second-order valence-corrected chi connectivity index (χ2v) is 8.48. The smallest absolute Gasteiger partial charge is 0.245 e. The highest BCUT2D eigenvalue weighted by atomic mass is 32.2. The van der Waals surface area contributed by atoms with Crippen molar-refractivity contribution in [2.45, 2.75) is 39.3 Å². The Morgan fingerprint density at radius 3 is 2.71 bits per heavy atom. The number of methoxy groups -OCH3 is 1. The molecular formula is C17H26N2O4S. The van der Waals surface area contributed by atoms with Gasteiger partial charge in [0.2, 0.25) is 5.91 Å². The number of carbonyl (C=O) groups is 1. The van der Waals surface area contributed by atoms with Gasteiger partial charge in [0.25, 0.3) is 0 Å². The second kappa shape index (κ2) is 7.42. The standard InChI is InChI=1S/C17H26N2O4S/c1-5-19(14-8-9-24(21,22)11-14)17(20)13(3)18-15-10-12(2)6-7-16(15)23-4/h6-7,10,13-14,18H,5,8-9,11H2,1-4H3. The van der Waals surface area contributed by atoms with Gasteiger partial charge in [-0.3, -0.25) is 4.79 Å². The van der Waals surface area contributed by atoms with Crippen LogP contribution >= 0.6 is 0 Å². The Hall–Kier alpha value is -1.76. The molecule has 0 bridgehead atoms. The van der Waals surface area contributed by atoms with Gasteiger partial charge in [0.05, 0.1) is 24.3 Å². The first-order valence-corrected chi connectivity index (χ1v) is 10.0. The third-order valence-corrected chi connectivity index (χ3v) is 6.12. The number of amides is 1. The van der Waals surface area contributed by atoms with Crippen molar-refractivity contribution in [3.63, 3.8) is 0 Å². The van der Waals surface area contributed by atoms with E-state index in [1.807, 2.05) is 32.0 Å². The lowest BCUT2D eigenvalue weighted by atomic mass is 10.1. The molecule has 1 heterocycles. The maximum absolute atomic E-state index is 12.8. The number of rotatable bonds is 6. The number of carbonyl (C=O) groups excluding carboxylic acids is 1. The third kappa shape index (κ3) is 4.20. The van der Waals surface area contributed by atoms with Crippen molar-refractivity contribution in [2.24, 2.45) is 0 Å². The molecule has 1 saturated heterocycles. The average molecular weight is 354 g/mol. The number of aryl methyl sites for hydroxylation is 1. The first kappa shape index (κ1) is 18.6. The molecule has 0 aromatic heterocycles. The summed E-state index contributed by atoms with van der Waals surface area (Å²) in [6.45, 7) is 6.13. The van der Waals surface area contributed by atoms with Crippen LogP contribution in [0.4, 0.5) is 5.69 Å². The zero-order valence-corrected chi connectivity index (χ0v) is 15.5. The summed E-state index contributed by atoms with van der Waals surface area (Å²) < 4.78 is 28.7. The van der Waals surface area contributed by atoms with Crippen LogP contribution in [0.5, 0.6) is 5.75 Å². The van der Waals surface area contributed by atoms with E-state index in [0.29, 0.717) is 18.7 Å². The number of hydrogen-bond acceptors (Lipinski definition) is 5. The predicted octanol–water partition coefficient (Wildman–Crippen LogP) is 1.84. The van der Waals surface area contributed by atoms with Crippen molar-refractivity contribution in [1.29, 1.82) is 0 Å². The zero-order valence-electron chi connectivity index (χ0n) is 14.7. The molecule has 7 heteroatoms. The molecule has 1 aliphatic rings. The third-order valence-electron chi connectivity index (χ3n) is 4.37. The van der Waals surface area contributed by atoms with E-state index in [0.717, 1.165) is 11.3 Å². The quantitative estimate of drug-likeness (QED) is 0.844. The van der Waals surface area contributed by atoms with Gasteiger partial charge in [-0.2, -0.15) is 0 Å². The highest BCUT2D eigenvalue weighted by molar-refractivity contribution is 7.91. The zero-order chi connectivity index (χ0) is 17.9. The Balaban J connectivity index is 2.12. The van der Waals surface area contributed by atoms with Crippen LogP contribution < -0.4 is 10.1 Å². The van der Waals surface area contributed by atoms with E-state index in [2.05, 4.69) is 5.32 Å². The number of hydrogen-bond donors (Lipinski definition) is 1. The van der Waals surface area contributed by atoms with Crippen molar-refractivity contribution in [3.05, 3.63) is 23.8 Å². The molecule has 6 nitrogen and oxygen atoms in total. The lowest BCUT2D eigenvalue weighted by Crippen LogP contribution is -2.47. The molecule has 24 heavy (non-hydrogen) atoms. The number of likely N-dealkylation sites (N-methyl/N-ethyl adjacent to an activating group) is 1. The Morgan fingerprint density at radius 2 is 2.17 bits per heavy atom. The van der Waals surface area contributed by atoms with E-state index in [1.165, 1.54) is 0 Å².